The maximum atomic E-state index is 6.06. The summed E-state index contributed by atoms with van der Waals surface area (Å²) in [7, 11) is 4.00. The Morgan fingerprint density at radius 3 is 2.80 bits per heavy atom. The Hall–Kier alpha value is -1.58. The third-order valence-corrected chi connectivity index (χ3v) is 3.78. The molecule has 4 heteroatoms. The predicted octanol–water partition coefficient (Wildman–Crippen LogP) is 3.97. The van der Waals surface area contributed by atoms with Crippen LogP contribution in [-0.4, -0.2) is 24.0 Å². The third kappa shape index (κ3) is 3.50. The van der Waals surface area contributed by atoms with Gasteiger partial charge in [0.1, 0.15) is 5.82 Å². The number of nitrogens with zero attached hydrogens (tertiary/aromatic N) is 2. The highest BCUT2D eigenvalue weighted by Crippen LogP contribution is 2.24. The number of hydrogen-bond donors (Lipinski definition) is 1. The lowest BCUT2D eigenvalue weighted by molar-refractivity contribution is 0.253. The Balaban J connectivity index is 2.13. The minimum absolute atomic E-state index is 0.290. The quantitative estimate of drug-likeness (QED) is 0.903. The van der Waals surface area contributed by atoms with Crippen LogP contribution in [0, 0.1) is 0 Å². The second kappa shape index (κ2) is 6.73. The van der Waals surface area contributed by atoms with E-state index in [1.807, 2.05) is 31.3 Å². The Labute approximate surface area is 125 Å². The molecule has 0 aliphatic carbocycles. The van der Waals surface area contributed by atoms with Gasteiger partial charge in [0.2, 0.25) is 0 Å². The molecule has 2 aromatic rings. The third-order valence-electron chi connectivity index (χ3n) is 3.54. The topological polar surface area (TPSA) is 28.2 Å². The number of nitrogens with one attached hydrogen (secondary N) is 1. The Kier molecular flexibility index (Phi) is 4.99. The van der Waals surface area contributed by atoms with Crippen LogP contribution in [0.15, 0.2) is 42.6 Å². The van der Waals surface area contributed by atoms with E-state index in [-0.39, 0.29) is 0 Å². The van der Waals surface area contributed by atoms with Gasteiger partial charge in [-0.1, -0.05) is 29.8 Å². The molecule has 1 aromatic carbocycles. The number of rotatable bonds is 5. The van der Waals surface area contributed by atoms with Crippen molar-refractivity contribution in [1.29, 1.82) is 0 Å². The van der Waals surface area contributed by atoms with Crippen LogP contribution >= 0.6 is 11.6 Å². The zero-order chi connectivity index (χ0) is 14.5. The number of anilines is 1. The van der Waals surface area contributed by atoms with E-state index in [0.717, 1.165) is 17.4 Å². The second-order valence-electron chi connectivity index (χ2n) is 4.91. The monoisotopic (exact) mass is 289 g/mol. The van der Waals surface area contributed by atoms with Crippen LogP contribution in [0.5, 0.6) is 0 Å². The lowest BCUT2D eigenvalue weighted by Gasteiger charge is -2.26. The highest BCUT2D eigenvalue weighted by molar-refractivity contribution is 6.30. The van der Waals surface area contributed by atoms with Crippen LogP contribution in [0.4, 0.5) is 5.82 Å². The van der Waals surface area contributed by atoms with Gasteiger partial charge in [-0.2, -0.15) is 0 Å². The second-order valence-corrected chi connectivity index (χ2v) is 5.34. The number of halogens is 1. The minimum Gasteiger partial charge on any atom is -0.373 e. The molecule has 106 valence electrons. The van der Waals surface area contributed by atoms with E-state index in [4.69, 9.17) is 11.6 Å². The normalized spacial score (nSPS) is 12.4. The van der Waals surface area contributed by atoms with Crippen LogP contribution in [-0.2, 0) is 6.54 Å². The number of hydrogen-bond acceptors (Lipinski definition) is 3. The molecule has 0 radical (unpaired) electrons. The van der Waals surface area contributed by atoms with Gasteiger partial charge in [-0.25, -0.2) is 4.98 Å². The zero-order valence-electron chi connectivity index (χ0n) is 12.1. The average Bonchev–Trinajstić information content (AvgIpc) is 2.47. The van der Waals surface area contributed by atoms with Crippen LogP contribution in [0.2, 0.25) is 5.02 Å². The number of benzene rings is 1. The first-order valence-corrected chi connectivity index (χ1v) is 7.07. The van der Waals surface area contributed by atoms with Crippen molar-refractivity contribution in [3.8, 4) is 0 Å². The molecule has 2 rings (SSSR count). The molecule has 1 unspecified atom stereocenters. The molecule has 20 heavy (non-hydrogen) atoms. The van der Waals surface area contributed by atoms with E-state index in [9.17, 15) is 0 Å². The van der Waals surface area contributed by atoms with Crippen molar-refractivity contribution in [2.75, 3.05) is 19.4 Å². The van der Waals surface area contributed by atoms with Gasteiger partial charge in [-0.05, 0) is 37.7 Å². The Bertz CT molecular complexity index is 571. The highest BCUT2D eigenvalue weighted by Gasteiger charge is 2.14. The number of pyridine rings is 1. The average molecular weight is 290 g/mol. The fraction of sp³-hybridized carbons (Fsp3) is 0.312. The molecule has 0 fully saturated rings. The largest absolute Gasteiger partial charge is 0.373 e. The summed E-state index contributed by atoms with van der Waals surface area (Å²) >= 11 is 6.06. The smallest absolute Gasteiger partial charge is 0.130 e. The molecule has 1 N–H and O–H groups in total. The molecule has 0 saturated carbocycles. The lowest BCUT2D eigenvalue weighted by Crippen LogP contribution is -2.22. The molecule has 0 bridgehead atoms. The van der Waals surface area contributed by atoms with Crippen LogP contribution < -0.4 is 5.32 Å². The van der Waals surface area contributed by atoms with E-state index >= 15 is 0 Å². The van der Waals surface area contributed by atoms with E-state index in [1.165, 1.54) is 11.1 Å². The summed E-state index contributed by atoms with van der Waals surface area (Å²) in [4.78, 5) is 6.62. The van der Waals surface area contributed by atoms with Gasteiger partial charge in [0.15, 0.2) is 0 Å². The van der Waals surface area contributed by atoms with Gasteiger partial charge in [0, 0.05) is 36.4 Å². The van der Waals surface area contributed by atoms with Gasteiger partial charge in [0.25, 0.3) is 0 Å². The molecule has 0 aliphatic rings. The van der Waals surface area contributed by atoms with E-state index in [1.54, 1.807) is 6.20 Å². The number of aromatic nitrogens is 1. The summed E-state index contributed by atoms with van der Waals surface area (Å²) in [5.74, 6) is 0.928. The summed E-state index contributed by atoms with van der Waals surface area (Å²) in [5.41, 5.74) is 2.40. The molecular weight excluding hydrogens is 270 g/mol. The van der Waals surface area contributed by atoms with Crippen molar-refractivity contribution in [2.24, 2.45) is 0 Å². The summed E-state index contributed by atoms with van der Waals surface area (Å²) in [6, 6.07) is 12.4. The summed E-state index contributed by atoms with van der Waals surface area (Å²) in [5, 5.41) is 3.91. The fourth-order valence-corrected chi connectivity index (χ4v) is 2.42. The van der Waals surface area contributed by atoms with Crippen molar-refractivity contribution >= 4 is 17.4 Å². The van der Waals surface area contributed by atoms with Crippen molar-refractivity contribution in [3.05, 3.63) is 58.7 Å². The van der Waals surface area contributed by atoms with E-state index < -0.39 is 0 Å². The first kappa shape index (κ1) is 14.8. The van der Waals surface area contributed by atoms with Crippen LogP contribution in [0.3, 0.4) is 0 Å². The summed E-state index contributed by atoms with van der Waals surface area (Å²) in [6.07, 6.45) is 1.80. The summed E-state index contributed by atoms with van der Waals surface area (Å²) < 4.78 is 0. The molecular formula is C16H20ClN3. The molecule has 0 saturated heterocycles. The maximum Gasteiger partial charge on any atom is 0.130 e. The van der Waals surface area contributed by atoms with Crippen LogP contribution in [0.1, 0.15) is 24.1 Å². The maximum absolute atomic E-state index is 6.06. The van der Waals surface area contributed by atoms with Gasteiger partial charge in [-0.15, -0.1) is 0 Å². The highest BCUT2D eigenvalue weighted by atomic mass is 35.5. The molecule has 0 amide bonds. The van der Waals surface area contributed by atoms with Crippen molar-refractivity contribution in [2.45, 2.75) is 19.5 Å². The zero-order valence-corrected chi connectivity index (χ0v) is 12.9. The van der Waals surface area contributed by atoms with Gasteiger partial charge in [0.05, 0.1) is 0 Å². The van der Waals surface area contributed by atoms with Gasteiger partial charge in [-0.3, -0.25) is 4.90 Å². The molecule has 1 atom stereocenters. The molecule has 0 spiro atoms. The Morgan fingerprint density at radius 1 is 1.30 bits per heavy atom. The molecule has 3 nitrogen and oxygen atoms in total. The minimum atomic E-state index is 0.290. The fourth-order valence-electron chi connectivity index (χ4n) is 2.22. The lowest BCUT2D eigenvalue weighted by atomic mass is 10.1. The van der Waals surface area contributed by atoms with E-state index in [0.29, 0.717) is 6.04 Å². The van der Waals surface area contributed by atoms with Crippen molar-refractivity contribution in [1.82, 2.24) is 9.88 Å². The van der Waals surface area contributed by atoms with Crippen molar-refractivity contribution in [3.63, 3.8) is 0 Å². The summed E-state index contributed by atoms with van der Waals surface area (Å²) in [6.45, 7) is 3.01. The van der Waals surface area contributed by atoms with Crippen molar-refractivity contribution < 1.29 is 0 Å². The molecule has 1 heterocycles. The predicted molar refractivity (Wildman–Crippen MR) is 85.1 cm³/mol. The Morgan fingerprint density at radius 2 is 2.10 bits per heavy atom. The molecule has 1 aromatic heterocycles. The SMILES string of the molecule is CNc1ncccc1CN(C)C(C)c1cccc(Cl)c1. The van der Waals surface area contributed by atoms with Gasteiger partial charge < -0.3 is 5.32 Å². The molecule has 0 aliphatic heterocycles. The van der Waals surface area contributed by atoms with Crippen LogP contribution in [0.25, 0.3) is 0 Å². The van der Waals surface area contributed by atoms with Gasteiger partial charge >= 0.3 is 0 Å². The first-order chi connectivity index (χ1) is 9.61. The standard InChI is InChI=1S/C16H20ClN3/c1-12(13-6-4-8-15(17)10-13)20(3)11-14-7-5-9-19-16(14)18-2/h4-10,12H,11H2,1-3H3,(H,18,19). The van der Waals surface area contributed by atoms with E-state index in [2.05, 4.69) is 41.3 Å². The first-order valence-electron chi connectivity index (χ1n) is 6.69.